The van der Waals surface area contributed by atoms with Crippen LogP contribution in [0.5, 0.6) is 34.5 Å². The van der Waals surface area contributed by atoms with E-state index in [1.807, 2.05) is 64.0 Å². The molecular weight excluding hydrogens is 1870 g/mol. The number of pyridine rings is 6. The number of hydrogen-bond donors (Lipinski definition) is 6. The summed E-state index contributed by atoms with van der Waals surface area (Å²) in [5, 5.41) is 40.5. The average molecular weight is 1990 g/mol. The number of aliphatic carboxylic acids is 1. The molecule has 740 valence electrons. The van der Waals surface area contributed by atoms with Crippen molar-refractivity contribution in [3.05, 3.63) is 221 Å². The number of nitro groups is 2. The number of nitrogen functional groups attached to an aromatic ring is 1. The van der Waals surface area contributed by atoms with Crippen molar-refractivity contribution in [1.29, 1.82) is 0 Å². The van der Waals surface area contributed by atoms with Crippen LogP contribution in [0.2, 0.25) is 10.0 Å². The molecule has 0 aliphatic carbocycles. The van der Waals surface area contributed by atoms with Crippen molar-refractivity contribution in [2.45, 2.75) is 157 Å². The molecule has 8 N–H and O–H groups in total. The number of anilines is 4. The molecule has 0 amide bonds. The largest absolute Gasteiger partial charge is 0.493 e. The number of nitrogens with zero attached hydrogens (tertiary/aromatic N) is 12. The second-order valence-electron chi connectivity index (χ2n) is 31.5. The maximum Gasteiger partial charge on any atom is 0.406 e. The number of ether oxygens (including phenoxy) is 9. The molecular formula is C89H117Cl2N17O25S3. The van der Waals surface area contributed by atoms with Gasteiger partial charge in [0.1, 0.15) is 18.2 Å². The summed E-state index contributed by atoms with van der Waals surface area (Å²) in [7, 11) is -2.09. The van der Waals surface area contributed by atoms with Crippen molar-refractivity contribution in [1.82, 2.24) is 49.5 Å². The number of methoxy groups -OCH3 is 6. The summed E-state index contributed by atoms with van der Waals surface area (Å²) in [4.78, 5) is 101. The SMILES string of the molecule is CC(C)(C)c1cc(CN)n(-c2cccc(Cl)c2)n1.CCOC(=O)C(C)c1cnc(N)c(OC)c1.CCOC(=O)C(C)c1cnc(NS(C)(=O)=O)c(OC)c1.CCOC(=O)C(C)c1cnc([N+](=O)[O-])c(OC)c1.COc1cc(C(C)C(=O)CCc2cc(C(C)(C)C)nn2-c2cccc(Cl)c2)cnc1NS(C)(=O)=O.COc1cc(C(C)C(=O)O)cnc1NS(C)(=O)=O.COc1cccnc1[N+](=O)[O-]. The van der Waals surface area contributed by atoms with Crippen LogP contribution < -0.4 is 54.1 Å². The monoisotopic (exact) mass is 1990 g/mol. The molecule has 8 heterocycles. The molecule has 2 aromatic carbocycles. The minimum atomic E-state index is -3.51. The number of nitrogens with two attached hydrogens (primary N) is 2. The van der Waals surface area contributed by atoms with Gasteiger partial charge in [-0.15, -0.1) is 0 Å². The molecule has 5 atom stereocenters. The van der Waals surface area contributed by atoms with Gasteiger partial charge in [0.05, 0.1) is 133 Å². The van der Waals surface area contributed by atoms with Gasteiger partial charge < -0.3 is 79.4 Å². The van der Waals surface area contributed by atoms with E-state index >= 15 is 0 Å². The number of ketones is 1. The maximum atomic E-state index is 13.1. The van der Waals surface area contributed by atoms with E-state index in [0.717, 1.165) is 58.5 Å². The Morgan fingerprint density at radius 3 is 1.12 bits per heavy atom. The summed E-state index contributed by atoms with van der Waals surface area (Å²) in [5.74, 6) is -3.48. The number of carbonyl (C=O) groups is 5. The number of benzene rings is 2. The Morgan fingerprint density at radius 1 is 0.456 bits per heavy atom. The molecule has 0 saturated heterocycles. The highest BCUT2D eigenvalue weighted by atomic mass is 35.5. The quantitative estimate of drug-likeness (QED) is 0.00963. The van der Waals surface area contributed by atoms with Gasteiger partial charge in [-0.05, 0) is 188 Å². The number of hydrogen-bond acceptors (Lipinski definition) is 34. The summed E-state index contributed by atoms with van der Waals surface area (Å²) in [6.07, 6.45) is 12.2. The first-order valence-electron chi connectivity index (χ1n) is 41.4. The van der Waals surface area contributed by atoms with Gasteiger partial charge in [0.2, 0.25) is 41.6 Å². The van der Waals surface area contributed by atoms with Crippen LogP contribution in [0.25, 0.3) is 11.4 Å². The standard InChI is InChI=1S/C25H31ClN4O4S.C14H18ClN3.C12H18N2O5S.C11H14N2O5.C11H16N2O3.C10H14N2O5S.C6H6N2O3/c1-16(17-12-22(34-5)24(27-15-17)29-35(6,32)33)21(31)11-10-20-14-23(25(2,3)4)28-30(20)19-9-7-8-18(26)13-19;1-14(2,3)13-8-12(9-16)18(17-13)11-6-4-5-10(15)7-11;1-5-19-12(15)8(2)9-6-10(18-3)11(13-7-9)14-20(4,16)17;1-4-18-11(14)7(2)8-5-9(17-3)10(12-6-8)13(15)16;1-4-16-11(14)7(2)8-5-9(15-3)10(12)13-6-8;1-6(10(13)14)7-4-8(17-2)9(11-5-7)12-18(3,15)16;1-11-5-3-2-4-7-6(5)8(9)10/h7-9,12-16H,10-11H2,1-6H3,(H,27,29);4-8H,9,16H2,1-3H3;6-8H,5H2,1-4H3,(H,13,14);5-7H,4H2,1-3H3;5-7H,4H2,1-3H3,(H2,12,13);4-6H,1-3H3,(H,11,12)(H,13,14);2-4H,1H3. The molecule has 0 bridgehead atoms. The number of esters is 3. The molecule has 10 aromatic rings. The van der Waals surface area contributed by atoms with Crippen LogP contribution in [0.3, 0.4) is 0 Å². The molecule has 136 heavy (non-hydrogen) atoms. The lowest BCUT2D eigenvalue weighted by atomic mass is 9.91. The van der Waals surface area contributed by atoms with Gasteiger partial charge in [-0.1, -0.05) is 83.8 Å². The zero-order valence-electron chi connectivity index (χ0n) is 79.7. The van der Waals surface area contributed by atoms with E-state index in [-0.39, 0.29) is 98.9 Å². The third-order valence-corrected chi connectivity index (χ3v) is 21.1. The van der Waals surface area contributed by atoms with Crippen molar-refractivity contribution in [2.24, 2.45) is 5.73 Å². The highest BCUT2D eigenvalue weighted by molar-refractivity contribution is 7.92. The smallest absolute Gasteiger partial charge is 0.406 e. The van der Waals surface area contributed by atoms with Crippen molar-refractivity contribution < 1.29 is 107 Å². The van der Waals surface area contributed by atoms with E-state index in [9.17, 15) is 69.5 Å². The Labute approximate surface area is 800 Å². The Balaban J connectivity index is 0.000000341. The third kappa shape index (κ3) is 36.4. The molecule has 0 aliphatic heterocycles. The van der Waals surface area contributed by atoms with Gasteiger partial charge in [-0.25, -0.2) is 54.6 Å². The van der Waals surface area contributed by atoms with E-state index in [0.29, 0.717) is 76.5 Å². The third-order valence-electron chi connectivity index (χ3n) is 19.0. The summed E-state index contributed by atoms with van der Waals surface area (Å²) in [5.41, 5.74) is 19.8. The summed E-state index contributed by atoms with van der Waals surface area (Å²) >= 11 is 12.2. The second kappa shape index (κ2) is 53.0. The molecule has 0 spiro atoms. The summed E-state index contributed by atoms with van der Waals surface area (Å²) < 4.78 is 123. The Bertz CT molecular complexity index is 6120. The fourth-order valence-electron chi connectivity index (χ4n) is 11.4. The van der Waals surface area contributed by atoms with Crippen molar-refractivity contribution in [3.63, 3.8) is 0 Å². The fraction of sp³-hybridized carbons (Fsp3) is 0.404. The predicted octanol–water partition coefficient (Wildman–Crippen LogP) is 14.0. The number of halogens is 2. The first-order valence-corrected chi connectivity index (χ1v) is 47.8. The average Bonchev–Trinajstić information content (AvgIpc) is 1.67. The van der Waals surface area contributed by atoms with Gasteiger partial charge >= 0.3 is 35.5 Å². The first kappa shape index (κ1) is 115. The van der Waals surface area contributed by atoms with Crippen LogP contribution in [0.1, 0.15) is 184 Å². The molecule has 47 heteroatoms. The lowest BCUT2D eigenvalue weighted by Gasteiger charge is -2.15. The van der Waals surface area contributed by atoms with Gasteiger partial charge in [-0.2, -0.15) is 10.2 Å². The second-order valence-corrected chi connectivity index (χ2v) is 37.6. The molecule has 10 rings (SSSR count). The van der Waals surface area contributed by atoms with Crippen LogP contribution in [0.4, 0.5) is 34.9 Å². The number of carboxylic acids is 1. The normalized spacial score (nSPS) is 12.1. The van der Waals surface area contributed by atoms with Crippen molar-refractivity contribution in [2.75, 3.05) is 101 Å². The van der Waals surface area contributed by atoms with Crippen LogP contribution in [0, 0.1) is 20.2 Å². The number of carboxylic acid groups (broad SMARTS) is 1. The number of nitrogens with one attached hydrogen (secondary N) is 3. The Hall–Kier alpha value is -13.5. The minimum Gasteiger partial charge on any atom is -0.493 e. The lowest BCUT2D eigenvalue weighted by molar-refractivity contribution is -0.390. The maximum absolute atomic E-state index is 13.1. The highest BCUT2D eigenvalue weighted by Crippen LogP contribution is 2.35. The number of Topliss-reactive ketones (excluding diaryl/α,β-unsaturated/α-hetero) is 1. The van der Waals surface area contributed by atoms with Gasteiger partial charge in [-0.3, -0.25) is 38.1 Å². The van der Waals surface area contributed by atoms with E-state index in [4.69, 9.17) is 87.5 Å². The molecule has 0 radical (unpaired) electrons. The zero-order chi connectivity index (χ0) is 103. The molecule has 0 aliphatic rings. The van der Waals surface area contributed by atoms with Gasteiger partial charge in [0.25, 0.3) is 0 Å². The summed E-state index contributed by atoms with van der Waals surface area (Å²) in [6, 6.07) is 30.0. The zero-order valence-corrected chi connectivity index (χ0v) is 83.6. The molecule has 42 nitrogen and oxygen atoms in total. The molecule has 5 unspecified atom stereocenters. The lowest BCUT2D eigenvalue weighted by Crippen LogP contribution is -2.15. The van der Waals surface area contributed by atoms with E-state index in [2.05, 4.69) is 96.8 Å². The minimum absolute atomic E-state index is 0.00768. The van der Waals surface area contributed by atoms with Crippen molar-refractivity contribution >= 4 is 118 Å². The first-order chi connectivity index (χ1) is 63.6. The Kier molecular flexibility index (Phi) is 44.7. The fourth-order valence-corrected chi connectivity index (χ4v) is 13.3. The Morgan fingerprint density at radius 2 is 0.787 bits per heavy atom. The van der Waals surface area contributed by atoms with Crippen LogP contribution >= 0.6 is 23.2 Å². The van der Waals surface area contributed by atoms with E-state index in [1.165, 1.54) is 98.8 Å². The highest BCUT2D eigenvalue weighted by Gasteiger charge is 2.29. The summed E-state index contributed by atoms with van der Waals surface area (Å²) in [6.45, 7) is 27.7. The number of sulfonamides is 3. The van der Waals surface area contributed by atoms with Crippen LogP contribution in [-0.4, -0.2) is 201 Å². The number of rotatable bonds is 33. The van der Waals surface area contributed by atoms with E-state index in [1.54, 1.807) is 78.9 Å². The van der Waals surface area contributed by atoms with Crippen LogP contribution in [0.15, 0.2) is 140 Å². The van der Waals surface area contributed by atoms with Crippen molar-refractivity contribution in [3.8, 4) is 45.9 Å². The van der Waals surface area contributed by atoms with E-state index < -0.39 is 75.5 Å². The molecule has 0 saturated carbocycles. The number of aryl methyl sites for hydroxylation is 1. The number of aromatic nitrogens is 10. The molecule has 8 aromatic heterocycles. The van der Waals surface area contributed by atoms with Gasteiger partial charge in [0.15, 0.2) is 46.3 Å². The number of carbonyl (C=O) groups excluding carboxylic acids is 4. The topological polar surface area (TPSA) is 578 Å². The van der Waals surface area contributed by atoms with Crippen LogP contribution in [-0.2, 0) is 92.0 Å². The molecule has 0 fully saturated rings. The van der Waals surface area contributed by atoms with Gasteiger partial charge in [0, 0.05) is 75.8 Å². The predicted molar refractivity (Wildman–Crippen MR) is 513 cm³/mol.